The summed E-state index contributed by atoms with van der Waals surface area (Å²) in [6, 6.07) is 13.2. The number of hydrogen-bond donors (Lipinski definition) is 0. The summed E-state index contributed by atoms with van der Waals surface area (Å²) in [6.45, 7) is 12.3. The molecular weight excluding hydrogens is 328 g/mol. The molecule has 0 heterocycles. The van der Waals surface area contributed by atoms with Gasteiger partial charge in [-0.15, -0.1) is 0 Å². The van der Waals surface area contributed by atoms with E-state index in [4.69, 9.17) is 9.47 Å². The Labute approximate surface area is 153 Å². The second kappa shape index (κ2) is 8.30. The minimum absolute atomic E-state index is 0.154. The second-order valence-electron chi connectivity index (χ2n) is 6.05. The van der Waals surface area contributed by atoms with Crippen LogP contribution in [0.5, 0.6) is 11.5 Å². The van der Waals surface area contributed by atoms with Crippen molar-refractivity contribution in [2.75, 3.05) is 0 Å². The van der Waals surface area contributed by atoms with Gasteiger partial charge in [-0.05, 0) is 49.1 Å². The van der Waals surface area contributed by atoms with Gasteiger partial charge in [-0.1, -0.05) is 50.4 Å². The Morgan fingerprint density at radius 1 is 0.808 bits per heavy atom. The summed E-state index contributed by atoms with van der Waals surface area (Å²) in [4.78, 5) is 23.8. The van der Waals surface area contributed by atoms with Crippen LogP contribution in [0.15, 0.2) is 66.8 Å². The molecule has 0 aliphatic heterocycles. The minimum atomic E-state index is -0.587. The SMILES string of the molecule is C=C(C)C(=O)Oc1ccc(-c2ccc(CC)cc2)cc1OC(=O)C(=C)C. The molecule has 0 saturated carbocycles. The first-order chi connectivity index (χ1) is 12.3. The van der Waals surface area contributed by atoms with E-state index in [1.807, 2.05) is 24.3 Å². The van der Waals surface area contributed by atoms with E-state index in [1.165, 1.54) is 5.56 Å². The first kappa shape index (κ1) is 19.2. The summed E-state index contributed by atoms with van der Waals surface area (Å²) in [7, 11) is 0. The van der Waals surface area contributed by atoms with Gasteiger partial charge in [0.25, 0.3) is 0 Å². The summed E-state index contributed by atoms with van der Waals surface area (Å²) in [6.07, 6.45) is 0.956. The largest absolute Gasteiger partial charge is 0.419 e. The van der Waals surface area contributed by atoms with Gasteiger partial charge in [-0.2, -0.15) is 0 Å². The van der Waals surface area contributed by atoms with E-state index in [1.54, 1.807) is 32.0 Å². The fourth-order valence-corrected chi connectivity index (χ4v) is 2.16. The van der Waals surface area contributed by atoms with Crippen LogP contribution >= 0.6 is 0 Å². The fourth-order valence-electron chi connectivity index (χ4n) is 2.16. The van der Waals surface area contributed by atoms with Crippen LogP contribution in [0.2, 0.25) is 0 Å². The molecule has 0 amide bonds. The number of benzene rings is 2. The van der Waals surface area contributed by atoms with Crippen LogP contribution in [0.1, 0.15) is 26.3 Å². The summed E-state index contributed by atoms with van der Waals surface area (Å²) >= 11 is 0. The summed E-state index contributed by atoms with van der Waals surface area (Å²) in [5, 5.41) is 0. The number of carbonyl (C=O) groups is 2. The van der Waals surface area contributed by atoms with E-state index in [0.717, 1.165) is 17.5 Å². The maximum Gasteiger partial charge on any atom is 0.338 e. The standard InChI is InChI=1S/C22H22O4/c1-6-16-7-9-17(10-8-16)18-11-12-19(25-21(23)14(2)3)20(13-18)26-22(24)15(4)5/h7-13H,2,4,6H2,1,3,5H3. The van der Waals surface area contributed by atoms with Crippen molar-refractivity contribution >= 4 is 11.9 Å². The fraction of sp³-hybridized carbons (Fsp3) is 0.182. The van der Waals surface area contributed by atoms with Crippen LogP contribution in [-0.2, 0) is 16.0 Å². The lowest BCUT2D eigenvalue weighted by molar-refractivity contribution is -0.132. The number of hydrogen-bond acceptors (Lipinski definition) is 4. The van der Waals surface area contributed by atoms with Crippen molar-refractivity contribution in [2.24, 2.45) is 0 Å². The molecule has 2 aromatic carbocycles. The third-order valence-electron chi connectivity index (χ3n) is 3.74. The van der Waals surface area contributed by atoms with E-state index in [2.05, 4.69) is 20.1 Å². The average molecular weight is 350 g/mol. The number of aryl methyl sites for hydroxylation is 1. The predicted octanol–water partition coefficient (Wildman–Crippen LogP) is 4.88. The van der Waals surface area contributed by atoms with E-state index >= 15 is 0 Å². The molecule has 0 radical (unpaired) electrons. The highest BCUT2D eigenvalue weighted by Gasteiger charge is 2.16. The molecule has 134 valence electrons. The van der Waals surface area contributed by atoms with Gasteiger partial charge < -0.3 is 9.47 Å². The molecule has 0 unspecified atom stereocenters. The summed E-state index contributed by atoms with van der Waals surface area (Å²) in [5.41, 5.74) is 3.54. The predicted molar refractivity (Wildman–Crippen MR) is 102 cm³/mol. The maximum atomic E-state index is 11.9. The topological polar surface area (TPSA) is 52.6 Å². The first-order valence-corrected chi connectivity index (χ1v) is 8.30. The molecule has 0 fully saturated rings. The quantitative estimate of drug-likeness (QED) is 0.423. The Morgan fingerprint density at radius 2 is 1.31 bits per heavy atom. The monoisotopic (exact) mass is 350 g/mol. The lowest BCUT2D eigenvalue weighted by atomic mass is 10.0. The molecule has 2 rings (SSSR count). The lowest BCUT2D eigenvalue weighted by Gasteiger charge is -2.13. The zero-order valence-corrected chi connectivity index (χ0v) is 15.3. The molecule has 0 aliphatic carbocycles. The van der Waals surface area contributed by atoms with Gasteiger partial charge in [0.1, 0.15) is 0 Å². The Hall–Kier alpha value is -3.14. The molecule has 0 spiro atoms. The molecule has 0 saturated heterocycles. The lowest BCUT2D eigenvalue weighted by Crippen LogP contribution is -2.12. The molecule has 2 aromatic rings. The Balaban J connectivity index is 2.42. The van der Waals surface area contributed by atoms with Crippen LogP contribution in [0, 0.1) is 0 Å². The van der Waals surface area contributed by atoms with Crippen LogP contribution in [0.25, 0.3) is 11.1 Å². The number of ether oxygens (including phenoxy) is 2. The van der Waals surface area contributed by atoms with E-state index in [0.29, 0.717) is 0 Å². The van der Waals surface area contributed by atoms with Crippen LogP contribution in [0.4, 0.5) is 0 Å². The highest BCUT2D eigenvalue weighted by Crippen LogP contribution is 2.34. The molecule has 0 N–H and O–H groups in total. The second-order valence-corrected chi connectivity index (χ2v) is 6.05. The summed E-state index contributed by atoms with van der Waals surface area (Å²) < 4.78 is 10.6. The van der Waals surface area contributed by atoms with Crippen molar-refractivity contribution in [1.29, 1.82) is 0 Å². The Bertz CT molecular complexity index is 860. The van der Waals surface area contributed by atoms with Crippen molar-refractivity contribution in [3.05, 3.63) is 72.3 Å². The average Bonchev–Trinajstić information content (AvgIpc) is 2.62. The molecule has 4 nitrogen and oxygen atoms in total. The normalized spacial score (nSPS) is 10.1. The molecular formula is C22H22O4. The zero-order chi connectivity index (χ0) is 19.3. The van der Waals surface area contributed by atoms with Gasteiger partial charge in [0.05, 0.1) is 0 Å². The first-order valence-electron chi connectivity index (χ1n) is 8.30. The van der Waals surface area contributed by atoms with Crippen molar-refractivity contribution in [3.8, 4) is 22.6 Å². The number of carbonyl (C=O) groups excluding carboxylic acids is 2. The van der Waals surface area contributed by atoms with Crippen molar-refractivity contribution in [3.63, 3.8) is 0 Å². The Kier molecular flexibility index (Phi) is 6.12. The number of esters is 2. The zero-order valence-electron chi connectivity index (χ0n) is 15.3. The van der Waals surface area contributed by atoms with Crippen LogP contribution in [-0.4, -0.2) is 11.9 Å². The summed E-state index contributed by atoms with van der Waals surface area (Å²) in [5.74, 6) is -0.861. The van der Waals surface area contributed by atoms with Gasteiger partial charge in [-0.3, -0.25) is 0 Å². The van der Waals surface area contributed by atoms with E-state index in [-0.39, 0.29) is 22.6 Å². The highest BCUT2D eigenvalue weighted by atomic mass is 16.6. The van der Waals surface area contributed by atoms with Gasteiger partial charge in [0, 0.05) is 11.1 Å². The van der Waals surface area contributed by atoms with Crippen molar-refractivity contribution in [1.82, 2.24) is 0 Å². The molecule has 0 aromatic heterocycles. The van der Waals surface area contributed by atoms with Crippen molar-refractivity contribution in [2.45, 2.75) is 27.2 Å². The molecule has 26 heavy (non-hydrogen) atoms. The molecule has 0 bridgehead atoms. The van der Waals surface area contributed by atoms with Gasteiger partial charge in [0.2, 0.25) is 0 Å². The van der Waals surface area contributed by atoms with Gasteiger partial charge in [-0.25, -0.2) is 9.59 Å². The number of rotatable bonds is 6. The van der Waals surface area contributed by atoms with Crippen LogP contribution in [0.3, 0.4) is 0 Å². The van der Waals surface area contributed by atoms with Gasteiger partial charge in [0.15, 0.2) is 11.5 Å². The third-order valence-corrected chi connectivity index (χ3v) is 3.74. The van der Waals surface area contributed by atoms with E-state index in [9.17, 15) is 9.59 Å². The highest BCUT2D eigenvalue weighted by molar-refractivity contribution is 5.91. The van der Waals surface area contributed by atoms with Crippen molar-refractivity contribution < 1.29 is 19.1 Å². The Morgan fingerprint density at radius 3 is 1.81 bits per heavy atom. The smallest absolute Gasteiger partial charge is 0.338 e. The van der Waals surface area contributed by atoms with Crippen LogP contribution < -0.4 is 9.47 Å². The molecule has 0 aliphatic rings. The van der Waals surface area contributed by atoms with E-state index < -0.39 is 11.9 Å². The molecule has 0 atom stereocenters. The van der Waals surface area contributed by atoms with Gasteiger partial charge >= 0.3 is 11.9 Å². The third kappa shape index (κ3) is 4.70. The maximum absolute atomic E-state index is 11.9. The molecule has 4 heteroatoms. The minimum Gasteiger partial charge on any atom is -0.419 e.